The zero-order valence-electron chi connectivity index (χ0n) is 9.88. The number of anilines is 1. The highest BCUT2D eigenvalue weighted by atomic mass is 79.9. The molecule has 2 heterocycles. The zero-order valence-corrected chi connectivity index (χ0v) is 11.5. The minimum absolute atomic E-state index is 0.131. The molecule has 2 aromatic heterocycles. The summed E-state index contributed by atoms with van der Waals surface area (Å²) in [5.74, 6) is 0.662. The highest BCUT2D eigenvalue weighted by molar-refractivity contribution is 9.10. The average Bonchev–Trinajstić information content (AvgIpc) is 2.73. The number of fused-ring (bicyclic) bond motifs is 1. The van der Waals surface area contributed by atoms with Crippen molar-refractivity contribution in [2.75, 3.05) is 5.32 Å². The van der Waals surface area contributed by atoms with Gasteiger partial charge < -0.3 is 10.4 Å². The third kappa shape index (κ3) is 2.49. The molecule has 1 aliphatic rings. The van der Waals surface area contributed by atoms with Crippen molar-refractivity contribution in [2.24, 2.45) is 0 Å². The smallest absolute Gasteiger partial charge is 0.243 e. The van der Waals surface area contributed by atoms with Crippen molar-refractivity contribution in [3.05, 3.63) is 22.8 Å². The van der Waals surface area contributed by atoms with Gasteiger partial charge in [-0.1, -0.05) is 0 Å². The fourth-order valence-electron chi connectivity index (χ4n) is 2.32. The minimum Gasteiger partial charge on any atom is -0.393 e. The number of aliphatic hydroxyl groups excluding tert-OH is 1. The molecule has 5 nitrogen and oxygen atoms in total. The van der Waals surface area contributed by atoms with Crippen LogP contribution in [0, 0.1) is 0 Å². The van der Waals surface area contributed by atoms with Crippen molar-refractivity contribution in [1.82, 2.24) is 14.6 Å². The molecule has 1 aliphatic carbocycles. The molecule has 0 saturated heterocycles. The summed E-state index contributed by atoms with van der Waals surface area (Å²) in [4.78, 5) is 4.42. The van der Waals surface area contributed by atoms with Crippen LogP contribution in [0.3, 0.4) is 0 Å². The average molecular weight is 311 g/mol. The second-order valence-electron chi connectivity index (χ2n) is 4.74. The van der Waals surface area contributed by atoms with Gasteiger partial charge in [0.15, 0.2) is 5.65 Å². The van der Waals surface area contributed by atoms with E-state index in [-0.39, 0.29) is 6.10 Å². The first kappa shape index (κ1) is 11.9. The van der Waals surface area contributed by atoms with Crippen LogP contribution >= 0.6 is 15.9 Å². The summed E-state index contributed by atoms with van der Waals surface area (Å²) in [6.07, 6.45) is 5.42. The molecule has 96 valence electrons. The molecule has 0 bridgehead atoms. The molecule has 6 heteroatoms. The van der Waals surface area contributed by atoms with Gasteiger partial charge in [-0.25, -0.2) is 4.52 Å². The molecule has 2 N–H and O–H groups in total. The molecule has 0 amide bonds. The van der Waals surface area contributed by atoms with Gasteiger partial charge in [-0.05, 0) is 53.7 Å². The summed E-state index contributed by atoms with van der Waals surface area (Å²) < 4.78 is 2.73. The third-order valence-corrected chi connectivity index (χ3v) is 3.79. The standard InChI is InChI=1S/C12H15BrN4O/c13-8-1-6-11-15-12(16-17(11)7-8)14-9-2-4-10(18)5-3-9/h1,6-7,9-10,18H,2-5H2,(H,14,16). The number of hydrogen-bond acceptors (Lipinski definition) is 4. The summed E-state index contributed by atoms with van der Waals surface area (Å²) in [6.45, 7) is 0. The molecular weight excluding hydrogens is 296 g/mol. The van der Waals surface area contributed by atoms with Crippen LogP contribution < -0.4 is 5.32 Å². The van der Waals surface area contributed by atoms with Crippen LogP contribution in [0.5, 0.6) is 0 Å². The van der Waals surface area contributed by atoms with Gasteiger partial charge in [0.1, 0.15) is 0 Å². The number of aromatic nitrogens is 3. The monoisotopic (exact) mass is 310 g/mol. The molecule has 3 rings (SSSR count). The molecule has 1 saturated carbocycles. The number of aliphatic hydroxyl groups is 1. The van der Waals surface area contributed by atoms with Gasteiger partial charge in [-0.2, -0.15) is 4.98 Å². The van der Waals surface area contributed by atoms with E-state index in [2.05, 4.69) is 31.3 Å². The molecule has 2 aromatic rings. The van der Waals surface area contributed by atoms with E-state index in [1.54, 1.807) is 4.52 Å². The van der Waals surface area contributed by atoms with E-state index in [9.17, 15) is 5.11 Å². The van der Waals surface area contributed by atoms with E-state index in [0.29, 0.717) is 12.0 Å². The number of pyridine rings is 1. The Hall–Kier alpha value is -1.14. The van der Waals surface area contributed by atoms with Crippen LogP contribution in [0.25, 0.3) is 5.65 Å². The molecular formula is C12H15BrN4O. The second kappa shape index (κ2) is 4.85. The summed E-state index contributed by atoms with van der Waals surface area (Å²) in [5, 5.41) is 17.2. The maximum atomic E-state index is 9.47. The maximum absolute atomic E-state index is 9.47. The Morgan fingerprint density at radius 3 is 2.83 bits per heavy atom. The predicted molar refractivity (Wildman–Crippen MR) is 72.6 cm³/mol. The number of nitrogens with zero attached hydrogens (tertiary/aromatic N) is 3. The largest absolute Gasteiger partial charge is 0.393 e. The first-order valence-electron chi connectivity index (χ1n) is 6.17. The second-order valence-corrected chi connectivity index (χ2v) is 5.65. The molecule has 0 aromatic carbocycles. The van der Waals surface area contributed by atoms with E-state index in [1.807, 2.05) is 18.3 Å². The fourth-order valence-corrected chi connectivity index (χ4v) is 2.65. The van der Waals surface area contributed by atoms with Crippen LogP contribution in [-0.2, 0) is 0 Å². The van der Waals surface area contributed by atoms with Gasteiger partial charge in [0.2, 0.25) is 5.95 Å². The molecule has 0 aliphatic heterocycles. The van der Waals surface area contributed by atoms with E-state index in [4.69, 9.17) is 0 Å². The van der Waals surface area contributed by atoms with Gasteiger partial charge in [0.25, 0.3) is 0 Å². The van der Waals surface area contributed by atoms with Crippen LogP contribution in [0.15, 0.2) is 22.8 Å². The number of rotatable bonds is 2. The predicted octanol–water partition coefficient (Wildman–Crippen LogP) is 2.21. The van der Waals surface area contributed by atoms with E-state index >= 15 is 0 Å². The van der Waals surface area contributed by atoms with Crippen LogP contribution in [0.2, 0.25) is 0 Å². The number of halogens is 1. The minimum atomic E-state index is -0.131. The summed E-state index contributed by atoms with van der Waals surface area (Å²) in [7, 11) is 0. The van der Waals surface area contributed by atoms with Gasteiger partial charge >= 0.3 is 0 Å². The molecule has 0 unspecified atom stereocenters. The SMILES string of the molecule is OC1CCC(Nc2nc3ccc(Br)cn3n2)CC1. The van der Waals surface area contributed by atoms with Crippen LogP contribution in [0.1, 0.15) is 25.7 Å². The number of hydrogen-bond donors (Lipinski definition) is 2. The Bertz CT molecular complexity index is 548. The lowest BCUT2D eigenvalue weighted by molar-refractivity contribution is 0.126. The first-order chi connectivity index (χ1) is 8.70. The highest BCUT2D eigenvalue weighted by Crippen LogP contribution is 2.21. The van der Waals surface area contributed by atoms with E-state index in [1.165, 1.54) is 0 Å². The first-order valence-corrected chi connectivity index (χ1v) is 6.96. The Morgan fingerprint density at radius 2 is 2.06 bits per heavy atom. The van der Waals surface area contributed by atoms with Gasteiger partial charge in [0.05, 0.1) is 6.10 Å². The van der Waals surface area contributed by atoms with Crippen molar-refractivity contribution in [1.29, 1.82) is 0 Å². The Kier molecular flexibility index (Phi) is 3.22. The fraction of sp³-hybridized carbons (Fsp3) is 0.500. The van der Waals surface area contributed by atoms with Crippen molar-refractivity contribution in [2.45, 2.75) is 37.8 Å². The molecule has 0 spiro atoms. The Morgan fingerprint density at radius 1 is 1.28 bits per heavy atom. The van der Waals surface area contributed by atoms with Gasteiger partial charge in [-0.15, -0.1) is 5.10 Å². The Balaban J connectivity index is 1.74. The Labute approximate surface area is 113 Å². The lowest BCUT2D eigenvalue weighted by atomic mass is 9.93. The van der Waals surface area contributed by atoms with E-state index in [0.717, 1.165) is 35.8 Å². The summed E-state index contributed by atoms with van der Waals surface area (Å²) >= 11 is 3.41. The highest BCUT2D eigenvalue weighted by Gasteiger charge is 2.20. The van der Waals surface area contributed by atoms with Crippen molar-refractivity contribution in [3.63, 3.8) is 0 Å². The molecule has 0 radical (unpaired) electrons. The maximum Gasteiger partial charge on any atom is 0.243 e. The lowest BCUT2D eigenvalue weighted by Crippen LogP contribution is -2.28. The summed E-state index contributed by atoms with van der Waals surface area (Å²) in [5.41, 5.74) is 0.830. The van der Waals surface area contributed by atoms with E-state index < -0.39 is 0 Å². The lowest BCUT2D eigenvalue weighted by Gasteiger charge is -2.25. The third-order valence-electron chi connectivity index (χ3n) is 3.32. The summed E-state index contributed by atoms with van der Waals surface area (Å²) in [6, 6.07) is 4.24. The van der Waals surface area contributed by atoms with Crippen LogP contribution in [0.4, 0.5) is 5.95 Å². The normalized spacial score (nSPS) is 24.3. The van der Waals surface area contributed by atoms with Gasteiger partial charge in [-0.3, -0.25) is 0 Å². The van der Waals surface area contributed by atoms with Crippen molar-refractivity contribution < 1.29 is 5.11 Å². The molecule has 18 heavy (non-hydrogen) atoms. The van der Waals surface area contributed by atoms with Crippen molar-refractivity contribution in [3.8, 4) is 0 Å². The van der Waals surface area contributed by atoms with Crippen LogP contribution in [-0.4, -0.2) is 31.9 Å². The molecule has 1 fully saturated rings. The van der Waals surface area contributed by atoms with Gasteiger partial charge in [0, 0.05) is 16.7 Å². The number of nitrogens with one attached hydrogen (secondary N) is 1. The quantitative estimate of drug-likeness (QED) is 0.892. The topological polar surface area (TPSA) is 62.5 Å². The molecule has 0 atom stereocenters. The van der Waals surface area contributed by atoms with Crippen molar-refractivity contribution >= 4 is 27.5 Å². The zero-order chi connectivity index (χ0) is 12.5.